The Kier molecular flexibility index (Phi) is 6.43. The molecule has 1 aromatic rings. The first-order chi connectivity index (χ1) is 8.63. The predicted octanol–water partition coefficient (Wildman–Crippen LogP) is 0.857. The number of nitrogens with zero attached hydrogens (tertiary/aromatic N) is 2. The summed E-state index contributed by atoms with van der Waals surface area (Å²) in [6, 6.07) is 0.269. The molecular weight excluding hydrogens is 228 g/mol. The fraction of sp³-hybridized carbons (Fsp3) is 0.692. The number of carbonyl (C=O) groups excluding carboxylic acids is 1. The van der Waals surface area contributed by atoms with Crippen LogP contribution in [0.2, 0.25) is 0 Å². The molecule has 0 bridgehead atoms. The standard InChI is InChI=1S/C13H24N4O/c1-4-11(2)16-13(18)6-8-14-7-5-12-15-9-10-17(12)3/h9-11,14H,4-8H2,1-3H3,(H,16,18). The average molecular weight is 252 g/mol. The Bertz CT molecular complexity index is 362. The molecule has 0 aromatic carbocycles. The number of rotatable bonds is 8. The number of nitrogens with one attached hydrogen (secondary N) is 2. The Balaban J connectivity index is 2.05. The van der Waals surface area contributed by atoms with Crippen molar-refractivity contribution in [1.29, 1.82) is 0 Å². The second-order valence-electron chi connectivity index (χ2n) is 4.58. The lowest BCUT2D eigenvalue weighted by Gasteiger charge is -2.11. The van der Waals surface area contributed by atoms with Crippen LogP contribution in [0.25, 0.3) is 0 Å². The van der Waals surface area contributed by atoms with Crippen molar-refractivity contribution in [3.05, 3.63) is 18.2 Å². The van der Waals surface area contributed by atoms with Gasteiger partial charge in [0.05, 0.1) is 0 Å². The third-order valence-corrected chi connectivity index (χ3v) is 2.99. The molecule has 0 aliphatic carbocycles. The molecule has 0 aliphatic rings. The van der Waals surface area contributed by atoms with Crippen molar-refractivity contribution >= 4 is 5.91 Å². The second kappa shape index (κ2) is 7.87. The van der Waals surface area contributed by atoms with Gasteiger partial charge in [0.1, 0.15) is 5.82 Å². The van der Waals surface area contributed by atoms with Crippen LogP contribution in [-0.4, -0.2) is 34.6 Å². The van der Waals surface area contributed by atoms with Crippen LogP contribution in [0, 0.1) is 0 Å². The molecule has 2 N–H and O–H groups in total. The summed E-state index contributed by atoms with van der Waals surface area (Å²) < 4.78 is 2.01. The summed E-state index contributed by atoms with van der Waals surface area (Å²) in [7, 11) is 1.99. The highest BCUT2D eigenvalue weighted by atomic mass is 16.1. The molecule has 0 radical (unpaired) electrons. The van der Waals surface area contributed by atoms with Crippen LogP contribution in [0.1, 0.15) is 32.5 Å². The van der Waals surface area contributed by atoms with Crippen molar-refractivity contribution in [2.45, 2.75) is 39.2 Å². The molecule has 1 rings (SSSR count). The fourth-order valence-electron chi connectivity index (χ4n) is 1.61. The topological polar surface area (TPSA) is 59.0 Å². The summed E-state index contributed by atoms with van der Waals surface area (Å²) in [6.45, 7) is 5.65. The van der Waals surface area contributed by atoms with Crippen molar-refractivity contribution < 1.29 is 4.79 Å². The summed E-state index contributed by atoms with van der Waals surface area (Å²) in [5, 5.41) is 6.21. The van der Waals surface area contributed by atoms with Crippen LogP contribution < -0.4 is 10.6 Å². The maximum Gasteiger partial charge on any atom is 0.221 e. The highest BCUT2D eigenvalue weighted by Gasteiger charge is 2.04. The van der Waals surface area contributed by atoms with E-state index in [4.69, 9.17) is 0 Å². The first-order valence-corrected chi connectivity index (χ1v) is 6.59. The Morgan fingerprint density at radius 2 is 2.28 bits per heavy atom. The zero-order valence-electron chi connectivity index (χ0n) is 11.6. The Labute approximate surface area is 109 Å². The quantitative estimate of drug-likeness (QED) is 0.675. The second-order valence-corrected chi connectivity index (χ2v) is 4.58. The summed E-state index contributed by atoms with van der Waals surface area (Å²) in [6.07, 6.45) is 6.13. The van der Waals surface area contributed by atoms with Gasteiger partial charge < -0.3 is 15.2 Å². The van der Waals surface area contributed by atoms with Gasteiger partial charge in [0.2, 0.25) is 5.91 Å². The molecule has 102 valence electrons. The van der Waals surface area contributed by atoms with E-state index in [1.165, 1.54) is 0 Å². The molecule has 0 saturated heterocycles. The van der Waals surface area contributed by atoms with Gasteiger partial charge in [-0.1, -0.05) is 6.92 Å². The summed E-state index contributed by atoms with van der Waals surface area (Å²) >= 11 is 0. The third-order valence-electron chi connectivity index (χ3n) is 2.99. The molecule has 1 aromatic heterocycles. The zero-order valence-corrected chi connectivity index (χ0v) is 11.6. The van der Waals surface area contributed by atoms with Crippen molar-refractivity contribution in [1.82, 2.24) is 20.2 Å². The number of hydrogen-bond donors (Lipinski definition) is 2. The molecule has 5 nitrogen and oxygen atoms in total. The van der Waals surface area contributed by atoms with Crippen molar-refractivity contribution in [3.63, 3.8) is 0 Å². The SMILES string of the molecule is CCC(C)NC(=O)CCNCCc1nccn1C. The first kappa shape index (κ1) is 14.7. The fourth-order valence-corrected chi connectivity index (χ4v) is 1.61. The van der Waals surface area contributed by atoms with E-state index in [9.17, 15) is 4.79 Å². The van der Waals surface area contributed by atoms with E-state index in [0.29, 0.717) is 13.0 Å². The number of carbonyl (C=O) groups is 1. The summed E-state index contributed by atoms with van der Waals surface area (Å²) in [4.78, 5) is 15.7. The van der Waals surface area contributed by atoms with E-state index in [1.807, 2.05) is 24.7 Å². The first-order valence-electron chi connectivity index (χ1n) is 6.59. The maximum absolute atomic E-state index is 11.5. The molecule has 5 heteroatoms. The van der Waals surface area contributed by atoms with Gasteiger partial charge in [0.25, 0.3) is 0 Å². The lowest BCUT2D eigenvalue weighted by atomic mass is 10.2. The Morgan fingerprint density at radius 3 is 2.89 bits per heavy atom. The van der Waals surface area contributed by atoms with E-state index in [1.54, 1.807) is 6.20 Å². The van der Waals surface area contributed by atoms with E-state index < -0.39 is 0 Å². The van der Waals surface area contributed by atoms with Crippen LogP contribution in [0.15, 0.2) is 12.4 Å². The Morgan fingerprint density at radius 1 is 1.50 bits per heavy atom. The lowest BCUT2D eigenvalue weighted by Crippen LogP contribution is -2.34. The van der Waals surface area contributed by atoms with Gasteiger partial charge >= 0.3 is 0 Å². The molecule has 0 spiro atoms. The Hall–Kier alpha value is -1.36. The number of aryl methyl sites for hydroxylation is 1. The van der Waals surface area contributed by atoms with Crippen LogP contribution in [-0.2, 0) is 18.3 Å². The van der Waals surface area contributed by atoms with Crippen molar-refractivity contribution in [2.24, 2.45) is 7.05 Å². The van der Waals surface area contributed by atoms with Gasteiger partial charge in [0.15, 0.2) is 0 Å². The van der Waals surface area contributed by atoms with Crippen molar-refractivity contribution in [2.75, 3.05) is 13.1 Å². The van der Waals surface area contributed by atoms with Crippen LogP contribution in [0.4, 0.5) is 0 Å². The molecule has 1 atom stereocenters. The van der Waals surface area contributed by atoms with Crippen LogP contribution >= 0.6 is 0 Å². The predicted molar refractivity (Wildman–Crippen MR) is 72.3 cm³/mol. The number of aromatic nitrogens is 2. The monoisotopic (exact) mass is 252 g/mol. The highest BCUT2D eigenvalue weighted by Crippen LogP contribution is 1.94. The van der Waals surface area contributed by atoms with E-state index in [2.05, 4.69) is 22.5 Å². The van der Waals surface area contributed by atoms with Crippen LogP contribution in [0.5, 0.6) is 0 Å². The van der Waals surface area contributed by atoms with Gasteiger partial charge in [-0.25, -0.2) is 4.98 Å². The van der Waals surface area contributed by atoms with Gasteiger partial charge in [-0.2, -0.15) is 0 Å². The molecule has 1 unspecified atom stereocenters. The number of amides is 1. The molecule has 1 heterocycles. The van der Waals surface area contributed by atoms with Gasteiger partial charge in [-0.05, 0) is 13.3 Å². The minimum absolute atomic E-state index is 0.119. The third kappa shape index (κ3) is 5.31. The zero-order chi connectivity index (χ0) is 13.4. The van der Waals surface area contributed by atoms with Gasteiger partial charge in [-0.15, -0.1) is 0 Å². The molecule has 1 amide bonds. The lowest BCUT2D eigenvalue weighted by molar-refractivity contribution is -0.121. The van der Waals surface area contributed by atoms with E-state index in [-0.39, 0.29) is 11.9 Å². The summed E-state index contributed by atoms with van der Waals surface area (Å²) in [5.74, 6) is 1.18. The van der Waals surface area contributed by atoms with E-state index >= 15 is 0 Å². The number of imidazole rings is 1. The smallest absolute Gasteiger partial charge is 0.221 e. The largest absolute Gasteiger partial charge is 0.354 e. The molecule has 0 saturated carbocycles. The number of hydrogen-bond acceptors (Lipinski definition) is 3. The van der Waals surface area contributed by atoms with E-state index in [0.717, 1.165) is 25.2 Å². The average Bonchev–Trinajstić information content (AvgIpc) is 2.74. The minimum atomic E-state index is 0.119. The minimum Gasteiger partial charge on any atom is -0.354 e. The van der Waals surface area contributed by atoms with Gasteiger partial charge in [0, 0.05) is 51.4 Å². The summed E-state index contributed by atoms with van der Waals surface area (Å²) in [5.41, 5.74) is 0. The van der Waals surface area contributed by atoms with Crippen molar-refractivity contribution in [3.8, 4) is 0 Å². The molecule has 0 aliphatic heterocycles. The van der Waals surface area contributed by atoms with Gasteiger partial charge in [-0.3, -0.25) is 4.79 Å². The van der Waals surface area contributed by atoms with Crippen LogP contribution in [0.3, 0.4) is 0 Å². The highest BCUT2D eigenvalue weighted by molar-refractivity contribution is 5.76. The molecule has 0 fully saturated rings. The molecule has 18 heavy (non-hydrogen) atoms. The normalized spacial score (nSPS) is 12.4. The molecular formula is C13H24N4O. The maximum atomic E-state index is 11.5.